The van der Waals surface area contributed by atoms with Gasteiger partial charge < -0.3 is 33.8 Å². The molecule has 0 aliphatic rings. The van der Waals surface area contributed by atoms with Crippen molar-refractivity contribution >= 4 is 39.5 Å². The summed E-state index contributed by atoms with van der Waals surface area (Å²) in [5.41, 5.74) is 0. The van der Waals surface area contributed by atoms with Gasteiger partial charge in [0.1, 0.15) is 19.3 Å². The number of unbranched alkanes of at least 4 members (excludes halogenated alkanes) is 47. The van der Waals surface area contributed by atoms with Gasteiger partial charge in [0, 0.05) is 25.7 Å². The number of esters is 4. The molecule has 0 bridgehead atoms. The first-order valence-corrected chi connectivity index (χ1v) is 45.4. The Morgan fingerprint density at radius 2 is 0.505 bits per heavy atom. The highest BCUT2D eigenvalue weighted by Crippen LogP contribution is 2.45. The molecule has 0 radical (unpaired) electrons. The van der Waals surface area contributed by atoms with Gasteiger partial charge in [-0.05, 0) is 43.4 Å². The lowest BCUT2D eigenvalue weighted by molar-refractivity contribution is -0.161. The van der Waals surface area contributed by atoms with Crippen LogP contribution in [0.2, 0.25) is 0 Å². The monoisotopic (exact) mass is 1480 g/mol. The maximum Gasteiger partial charge on any atom is 0.472 e. The molecule has 0 aromatic rings. The average molecular weight is 1480 g/mol. The topological polar surface area (TPSA) is 237 Å². The molecule has 17 nitrogen and oxygen atoms in total. The van der Waals surface area contributed by atoms with E-state index in [0.717, 1.165) is 108 Å². The van der Waals surface area contributed by atoms with Crippen molar-refractivity contribution in [2.24, 2.45) is 17.8 Å². The molecule has 3 unspecified atom stereocenters. The van der Waals surface area contributed by atoms with Crippen LogP contribution in [0, 0.1) is 17.8 Å². The Hall–Kier alpha value is -1.94. The molecular formula is C82H160O17P2. The van der Waals surface area contributed by atoms with Gasteiger partial charge in [-0.15, -0.1) is 0 Å². The Kier molecular flexibility index (Phi) is 70.9. The Balaban J connectivity index is 5.24. The van der Waals surface area contributed by atoms with Crippen LogP contribution in [0.15, 0.2) is 0 Å². The van der Waals surface area contributed by atoms with E-state index in [9.17, 15) is 43.2 Å². The number of hydrogen-bond acceptors (Lipinski definition) is 15. The molecule has 19 heteroatoms. The number of phosphoric ester groups is 2. The van der Waals surface area contributed by atoms with Crippen molar-refractivity contribution in [3.63, 3.8) is 0 Å². The number of carbonyl (C=O) groups is 4. The highest BCUT2D eigenvalue weighted by molar-refractivity contribution is 7.47. The van der Waals surface area contributed by atoms with E-state index in [2.05, 4.69) is 48.5 Å². The molecule has 0 rings (SSSR count). The number of carbonyl (C=O) groups excluding carboxylic acids is 4. The second-order valence-electron chi connectivity index (χ2n) is 30.7. The van der Waals surface area contributed by atoms with Crippen LogP contribution in [0.1, 0.15) is 427 Å². The number of aliphatic hydroxyl groups excluding tert-OH is 1. The highest BCUT2D eigenvalue weighted by atomic mass is 31.2. The number of ether oxygens (including phenoxy) is 4. The molecule has 0 aromatic carbocycles. The Morgan fingerprint density at radius 3 is 0.752 bits per heavy atom. The van der Waals surface area contributed by atoms with Crippen molar-refractivity contribution in [2.75, 3.05) is 39.6 Å². The minimum atomic E-state index is -4.96. The van der Waals surface area contributed by atoms with E-state index >= 15 is 0 Å². The van der Waals surface area contributed by atoms with Gasteiger partial charge in [0.2, 0.25) is 0 Å². The van der Waals surface area contributed by atoms with Gasteiger partial charge in [-0.25, -0.2) is 9.13 Å². The minimum Gasteiger partial charge on any atom is -0.462 e. The van der Waals surface area contributed by atoms with Crippen LogP contribution in [-0.2, 0) is 65.4 Å². The molecule has 0 saturated carbocycles. The van der Waals surface area contributed by atoms with Crippen LogP contribution in [0.25, 0.3) is 0 Å². The first kappa shape index (κ1) is 99.1. The lowest BCUT2D eigenvalue weighted by Gasteiger charge is -2.21. The SMILES string of the molecule is CCCCCCCCCCCCCCCCC(=O)O[C@H](COC(=O)CCCCCCCCCC(C)C)COP(=O)(O)OC[C@H](O)COP(=O)(O)OC[C@@H](COC(=O)CCCCCCCCCCCCCCCCC(C)CC)OC(=O)CCCCCCCCCCCCCCCCCCC(C)C. The third kappa shape index (κ3) is 74.7. The van der Waals surface area contributed by atoms with Crippen LogP contribution in [0.5, 0.6) is 0 Å². The summed E-state index contributed by atoms with van der Waals surface area (Å²) in [4.78, 5) is 73.1. The Bertz CT molecular complexity index is 1960. The molecule has 0 aliphatic carbocycles. The number of rotatable bonds is 80. The van der Waals surface area contributed by atoms with E-state index < -0.39 is 97.5 Å². The van der Waals surface area contributed by atoms with Crippen LogP contribution >= 0.6 is 15.6 Å². The molecule has 0 amide bonds. The summed E-state index contributed by atoms with van der Waals surface area (Å²) in [7, 11) is -9.92. The van der Waals surface area contributed by atoms with Gasteiger partial charge in [-0.2, -0.15) is 0 Å². The zero-order valence-electron chi connectivity index (χ0n) is 66.4. The minimum absolute atomic E-state index is 0.107. The maximum absolute atomic E-state index is 13.1. The summed E-state index contributed by atoms with van der Waals surface area (Å²) in [5, 5.41) is 10.6. The molecular weight excluding hydrogens is 1320 g/mol. The fourth-order valence-corrected chi connectivity index (χ4v) is 14.2. The van der Waals surface area contributed by atoms with Crippen molar-refractivity contribution in [2.45, 2.75) is 446 Å². The lowest BCUT2D eigenvalue weighted by atomic mass is 9.99. The largest absolute Gasteiger partial charge is 0.472 e. The van der Waals surface area contributed by atoms with Crippen LogP contribution in [-0.4, -0.2) is 96.7 Å². The number of aliphatic hydroxyl groups is 1. The second kappa shape index (κ2) is 72.3. The molecule has 0 fully saturated rings. The first-order chi connectivity index (χ1) is 48.8. The number of phosphoric acid groups is 2. The first-order valence-electron chi connectivity index (χ1n) is 42.4. The fourth-order valence-electron chi connectivity index (χ4n) is 12.6. The summed E-state index contributed by atoms with van der Waals surface area (Å²) >= 11 is 0. The second-order valence-corrected chi connectivity index (χ2v) is 33.6. The molecule has 3 N–H and O–H groups in total. The van der Waals surface area contributed by atoms with Gasteiger partial charge in [0.05, 0.1) is 26.4 Å². The summed E-state index contributed by atoms with van der Waals surface area (Å²) in [5.74, 6) is 0.255. The van der Waals surface area contributed by atoms with Gasteiger partial charge in [0.25, 0.3) is 0 Å². The van der Waals surface area contributed by atoms with E-state index in [1.165, 1.54) is 231 Å². The third-order valence-electron chi connectivity index (χ3n) is 19.5. The summed E-state index contributed by atoms with van der Waals surface area (Å²) in [6, 6.07) is 0. The zero-order valence-corrected chi connectivity index (χ0v) is 68.2. The molecule has 0 spiro atoms. The van der Waals surface area contributed by atoms with E-state index in [1.807, 2.05) is 0 Å². The molecule has 0 heterocycles. The van der Waals surface area contributed by atoms with Crippen molar-refractivity contribution in [1.82, 2.24) is 0 Å². The van der Waals surface area contributed by atoms with E-state index in [-0.39, 0.29) is 25.7 Å². The van der Waals surface area contributed by atoms with Gasteiger partial charge in [-0.1, -0.05) is 376 Å². The van der Waals surface area contributed by atoms with Crippen LogP contribution in [0.4, 0.5) is 0 Å². The van der Waals surface area contributed by atoms with E-state index in [0.29, 0.717) is 31.6 Å². The predicted molar refractivity (Wildman–Crippen MR) is 414 cm³/mol. The summed E-state index contributed by atoms with van der Waals surface area (Å²) in [6.07, 6.45) is 61.0. The zero-order chi connectivity index (χ0) is 74.4. The fraction of sp³-hybridized carbons (Fsp3) is 0.951. The van der Waals surface area contributed by atoms with Crippen molar-refractivity contribution in [1.29, 1.82) is 0 Å². The Morgan fingerprint density at radius 1 is 0.287 bits per heavy atom. The molecule has 600 valence electrons. The molecule has 0 aliphatic heterocycles. The van der Waals surface area contributed by atoms with Gasteiger partial charge in [-0.3, -0.25) is 37.3 Å². The van der Waals surface area contributed by atoms with E-state index in [4.69, 9.17) is 37.0 Å². The maximum atomic E-state index is 13.1. The normalized spacial score (nSPS) is 14.2. The molecule has 0 saturated heterocycles. The molecule has 6 atom stereocenters. The van der Waals surface area contributed by atoms with Crippen molar-refractivity contribution in [3.05, 3.63) is 0 Å². The Labute approximate surface area is 619 Å². The smallest absolute Gasteiger partial charge is 0.462 e. The van der Waals surface area contributed by atoms with E-state index in [1.54, 1.807) is 0 Å². The average Bonchev–Trinajstić information content (AvgIpc) is 0.928. The van der Waals surface area contributed by atoms with Crippen LogP contribution in [0.3, 0.4) is 0 Å². The standard InChI is InChI=1S/C82H160O17P2/c1-8-10-11-12-13-14-15-16-25-31-36-43-51-58-65-82(87)99-78(70-93-80(85)64-57-50-45-38-40-47-54-61-74(5)6)72-97-101(90,91)95-68-76(83)67-94-100(88,89)96-71-77(69-92-79(84)63-56-49-42-35-30-26-22-21-24-29-34-41-48-55-62-75(7)9-2)98-81(86)66-59-52-44-37-32-27-20-18-17-19-23-28-33-39-46-53-60-73(3)4/h73-78,83H,8-72H2,1-7H3,(H,88,89)(H,90,91)/t75?,76-,77-,78-/m1/s1. The van der Waals surface area contributed by atoms with Gasteiger partial charge in [0.15, 0.2) is 12.2 Å². The van der Waals surface area contributed by atoms with Crippen molar-refractivity contribution < 1.29 is 80.2 Å². The number of hydrogen-bond donors (Lipinski definition) is 3. The van der Waals surface area contributed by atoms with Crippen molar-refractivity contribution in [3.8, 4) is 0 Å². The summed E-state index contributed by atoms with van der Waals surface area (Å²) in [6.45, 7) is 12.0. The summed E-state index contributed by atoms with van der Waals surface area (Å²) < 4.78 is 68.7. The molecule has 0 aromatic heterocycles. The highest BCUT2D eigenvalue weighted by Gasteiger charge is 2.30. The van der Waals surface area contributed by atoms with Crippen LogP contribution < -0.4 is 0 Å². The lowest BCUT2D eigenvalue weighted by Crippen LogP contribution is -2.30. The quantitative estimate of drug-likeness (QED) is 0.0222. The third-order valence-corrected chi connectivity index (χ3v) is 21.4. The molecule has 101 heavy (non-hydrogen) atoms. The predicted octanol–water partition coefficient (Wildman–Crippen LogP) is 24.5. The van der Waals surface area contributed by atoms with Gasteiger partial charge >= 0.3 is 39.5 Å².